The van der Waals surface area contributed by atoms with Crippen molar-refractivity contribution in [2.75, 3.05) is 5.32 Å². The number of para-hydroxylation sites is 1. The van der Waals surface area contributed by atoms with Gasteiger partial charge in [-0.3, -0.25) is 14.6 Å². The van der Waals surface area contributed by atoms with Crippen LogP contribution in [-0.4, -0.2) is 22.5 Å². The number of ketones is 2. The molecule has 0 spiro atoms. The number of pyridine rings is 1. The van der Waals surface area contributed by atoms with Crippen molar-refractivity contribution in [3.63, 3.8) is 0 Å². The first-order valence-corrected chi connectivity index (χ1v) is 9.74. The molecule has 5 heteroatoms. The molecule has 148 valence electrons. The lowest BCUT2D eigenvalue weighted by Crippen LogP contribution is -2.15. The number of anilines is 1. The van der Waals surface area contributed by atoms with Crippen LogP contribution in [0.15, 0.2) is 60.8 Å². The van der Waals surface area contributed by atoms with E-state index in [0.717, 1.165) is 22.0 Å². The third kappa shape index (κ3) is 6.07. The smallest absolute Gasteiger partial charge is 0.228 e. The average molecular weight is 388 g/mol. The molecule has 2 aromatic carbocycles. The van der Waals surface area contributed by atoms with Crippen LogP contribution in [0.4, 0.5) is 5.69 Å². The minimum Gasteiger partial charge on any atom is -0.324 e. The summed E-state index contributed by atoms with van der Waals surface area (Å²) in [6, 6.07) is 17.0. The summed E-state index contributed by atoms with van der Waals surface area (Å²) in [5.74, 6) is 0.121. The number of amides is 1. The molecule has 1 heterocycles. The normalized spacial score (nSPS) is 10.7. The van der Waals surface area contributed by atoms with Gasteiger partial charge in [0.15, 0.2) is 0 Å². The number of fused-ring (bicyclic) bond motifs is 1. The number of benzene rings is 2. The van der Waals surface area contributed by atoms with Crippen molar-refractivity contribution in [3.8, 4) is 0 Å². The highest BCUT2D eigenvalue weighted by molar-refractivity contribution is 6.00. The number of Topliss-reactive ketones (excluding diaryl/α,β-unsaturated/α-hetero) is 2. The van der Waals surface area contributed by atoms with E-state index in [2.05, 4.69) is 10.3 Å². The lowest BCUT2D eigenvalue weighted by molar-refractivity contribution is -0.119. The maximum absolute atomic E-state index is 12.4. The standard InChI is InChI=1S/C24H24N2O3/c1-17(27)5-2-8-21(28)15-18-10-12-19(13-11-18)16-23(29)26-22-9-3-6-20-7-4-14-25-24(20)22/h3-4,6-7,9-14H,2,5,8,15-16H2,1H3,(H,26,29). The predicted octanol–water partition coefficient (Wildman–Crippen LogP) is 4.29. The average Bonchev–Trinajstić information content (AvgIpc) is 2.69. The Morgan fingerprint density at radius 1 is 0.862 bits per heavy atom. The Kier molecular flexibility index (Phi) is 6.85. The molecule has 1 amide bonds. The molecule has 1 N–H and O–H groups in total. The van der Waals surface area contributed by atoms with Crippen LogP contribution in [0.5, 0.6) is 0 Å². The fourth-order valence-corrected chi connectivity index (χ4v) is 3.21. The van der Waals surface area contributed by atoms with Crippen molar-refractivity contribution in [3.05, 3.63) is 71.9 Å². The lowest BCUT2D eigenvalue weighted by atomic mass is 10.0. The van der Waals surface area contributed by atoms with Crippen LogP contribution in [-0.2, 0) is 27.2 Å². The van der Waals surface area contributed by atoms with Crippen LogP contribution in [0.3, 0.4) is 0 Å². The van der Waals surface area contributed by atoms with E-state index in [9.17, 15) is 14.4 Å². The van der Waals surface area contributed by atoms with Crippen molar-refractivity contribution in [2.24, 2.45) is 0 Å². The Morgan fingerprint density at radius 3 is 2.28 bits per heavy atom. The van der Waals surface area contributed by atoms with Crippen molar-refractivity contribution in [1.29, 1.82) is 0 Å². The first-order chi connectivity index (χ1) is 14.0. The molecule has 0 aliphatic heterocycles. The monoisotopic (exact) mass is 388 g/mol. The zero-order valence-electron chi connectivity index (χ0n) is 16.5. The highest BCUT2D eigenvalue weighted by Crippen LogP contribution is 2.21. The number of carbonyl (C=O) groups is 3. The maximum Gasteiger partial charge on any atom is 0.228 e. The summed E-state index contributed by atoms with van der Waals surface area (Å²) in [5.41, 5.74) is 3.26. The molecule has 0 saturated carbocycles. The summed E-state index contributed by atoms with van der Waals surface area (Å²) < 4.78 is 0. The van der Waals surface area contributed by atoms with Gasteiger partial charge in [-0.2, -0.15) is 0 Å². The number of hydrogen-bond acceptors (Lipinski definition) is 4. The van der Waals surface area contributed by atoms with Gasteiger partial charge in [0.2, 0.25) is 5.91 Å². The molecule has 0 aliphatic rings. The Balaban J connectivity index is 1.54. The first kappa shape index (κ1) is 20.4. The molecule has 1 aromatic heterocycles. The Hall–Kier alpha value is -3.34. The molecule has 0 radical (unpaired) electrons. The van der Waals surface area contributed by atoms with Crippen LogP contribution in [0.25, 0.3) is 10.9 Å². The molecule has 0 saturated heterocycles. The molecule has 0 atom stereocenters. The van der Waals surface area contributed by atoms with Gasteiger partial charge in [-0.25, -0.2) is 0 Å². The highest BCUT2D eigenvalue weighted by atomic mass is 16.1. The topological polar surface area (TPSA) is 76.1 Å². The van der Waals surface area contributed by atoms with Gasteiger partial charge in [0.05, 0.1) is 17.6 Å². The second-order valence-electron chi connectivity index (χ2n) is 7.19. The minimum atomic E-state index is -0.115. The zero-order chi connectivity index (χ0) is 20.6. The van der Waals surface area contributed by atoms with Gasteiger partial charge in [-0.1, -0.05) is 42.5 Å². The van der Waals surface area contributed by atoms with Crippen molar-refractivity contribution in [2.45, 2.75) is 39.0 Å². The highest BCUT2D eigenvalue weighted by Gasteiger charge is 2.09. The summed E-state index contributed by atoms with van der Waals surface area (Å²) in [6.45, 7) is 1.54. The van der Waals surface area contributed by atoms with Gasteiger partial charge in [0, 0.05) is 30.8 Å². The van der Waals surface area contributed by atoms with Gasteiger partial charge < -0.3 is 10.1 Å². The molecule has 0 bridgehead atoms. The first-order valence-electron chi connectivity index (χ1n) is 9.74. The molecular weight excluding hydrogens is 364 g/mol. The second kappa shape index (κ2) is 9.73. The minimum absolute atomic E-state index is 0.111. The summed E-state index contributed by atoms with van der Waals surface area (Å²) in [5, 5.41) is 3.90. The van der Waals surface area contributed by atoms with E-state index in [-0.39, 0.29) is 23.9 Å². The van der Waals surface area contributed by atoms with Crippen LogP contribution >= 0.6 is 0 Å². The summed E-state index contributed by atoms with van der Waals surface area (Å²) in [4.78, 5) is 39.7. The quantitative estimate of drug-likeness (QED) is 0.593. The molecule has 0 fully saturated rings. The molecule has 5 nitrogen and oxygen atoms in total. The third-order valence-electron chi connectivity index (χ3n) is 4.68. The maximum atomic E-state index is 12.4. The van der Waals surface area contributed by atoms with Crippen LogP contribution in [0.1, 0.15) is 37.3 Å². The van der Waals surface area contributed by atoms with E-state index >= 15 is 0 Å². The van der Waals surface area contributed by atoms with E-state index in [0.29, 0.717) is 31.4 Å². The number of hydrogen-bond donors (Lipinski definition) is 1. The number of nitrogens with one attached hydrogen (secondary N) is 1. The van der Waals surface area contributed by atoms with Gasteiger partial charge in [0.25, 0.3) is 0 Å². The number of aromatic nitrogens is 1. The fraction of sp³-hybridized carbons (Fsp3) is 0.250. The molecule has 0 aliphatic carbocycles. The summed E-state index contributed by atoms with van der Waals surface area (Å²) >= 11 is 0. The van der Waals surface area contributed by atoms with Crippen LogP contribution in [0, 0.1) is 0 Å². The van der Waals surface area contributed by atoms with Crippen LogP contribution in [0.2, 0.25) is 0 Å². The Morgan fingerprint density at radius 2 is 1.55 bits per heavy atom. The number of carbonyl (C=O) groups excluding carboxylic acids is 3. The molecule has 29 heavy (non-hydrogen) atoms. The number of nitrogens with zero attached hydrogens (tertiary/aromatic N) is 1. The van der Waals surface area contributed by atoms with E-state index in [4.69, 9.17) is 0 Å². The molecule has 3 rings (SSSR count). The fourth-order valence-electron chi connectivity index (χ4n) is 3.21. The molecule has 0 unspecified atom stereocenters. The van der Waals surface area contributed by atoms with Crippen LogP contribution < -0.4 is 5.32 Å². The van der Waals surface area contributed by atoms with E-state index in [1.54, 1.807) is 6.20 Å². The lowest BCUT2D eigenvalue weighted by Gasteiger charge is -2.08. The van der Waals surface area contributed by atoms with Gasteiger partial charge >= 0.3 is 0 Å². The zero-order valence-corrected chi connectivity index (χ0v) is 16.5. The van der Waals surface area contributed by atoms with Crippen molar-refractivity contribution in [1.82, 2.24) is 4.98 Å². The van der Waals surface area contributed by atoms with Gasteiger partial charge in [-0.15, -0.1) is 0 Å². The SMILES string of the molecule is CC(=O)CCCC(=O)Cc1ccc(CC(=O)Nc2cccc3cccnc23)cc1. The predicted molar refractivity (Wildman–Crippen MR) is 114 cm³/mol. The third-order valence-corrected chi connectivity index (χ3v) is 4.68. The van der Waals surface area contributed by atoms with Gasteiger partial charge in [-0.05, 0) is 36.6 Å². The van der Waals surface area contributed by atoms with E-state index < -0.39 is 0 Å². The number of rotatable bonds is 9. The Bertz CT molecular complexity index is 1020. The Labute approximate surface area is 170 Å². The van der Waals surface area contributed by atoms with E-state index in [1.807, 2.05) is 54.6 Å². The molecule has 3 aromatic rings. The summed E-state index contributed by atoms with van der Waals surface area (Å²) in [6.07, 6.45) is 3.78. The summed E-state index contributed by atoms with van der Waals surface area (Å²) in [7, 11) is 0. The molecular formula is C24H24N2O3. The van der Waals surface area contributed by atoms with E-state index in [1.165, 1.54) is 6.92 Å². The van der Waals surface area contributed by atoms with Crippen molar-refractivity contribution < 1.29 is 14.4 Å². The second-order valence-corrected chi connectivity index (χ2v) is 7.19. The van der Waals surface area contributed by atoms with Crippen molar-refractivity contribution >= 4 is 34.1 Å². The largest absolute Gasteiger partial charge is 0.324 e. The van der Waals surface area contributed by atoms with Gasteiger partial charge in [0.1, 0.15) is 11.6 Å².